The average molecular weight is 402 g/mol. The summed E-state index contributed by atoms with van der Waals surface area (Å²) in [4.78, 5) is 13.3. The van der Waals surface area contributed by atoms with E-state index in [-0.39, 0.29) is 11.9 Å². The van der Waals surface area contributed by atoms with Gasteiger partial charge in [-0.05, 0) is 37.5 Å². The van der Waals surface area contributed by atoms with E-state index in [0.717, 1.165) is 11.3 Å². The number of H-pyrrole nitrogens is 1. The first kappa shape index (κ1) is 18.6. The fraction of sp³-hybridized carbons (Fsp3) is 0.368. The van der Waals surface area contributed by atoms with Gasteiger partial charge >= 0.3 is 0 Å². The van der Waals surface area contributed by atoms with Gasteiger partial charge in [-0.25, -0.2) is 4.39 Å². The molecule has 146 valence electrons. The molecule has 28 heavy (non-hydrogen) atoms. The fourth-order valence-electron chi connectivity index (χ4n) is 2.94. The van der Waals surface area contributed by atoms with Crippen molar-refractivity contribution in [1.82, 2.24) is 25.1 Å². The molecule has 1 aliphatic carbocycles. The molecule has 1 saturated carbocycles. The van der Waals surface area contributed by atoms with Crippen molar-refractivity contribution in [3.63, 3.8) is 0 Å². The summed E-state index contributed by atoms with van der Waals surface area (Å²) in [5.74, 6) is 2.38. The number of rotatable bonds is 7. The van der Waals surface area contributed by atoms with Crippen molar-refractivity contribution in [2.75, 3.05) is 10.6 Å². The minimum absolute atomic E-state index is 0.208. The molecule has 9 heteroatoms. The highest BCUT2D eigenvalue weighted by molar-refractivity contribution is 6.31. The summed E-state index contributed by atoms with van der Waals surface area (Å²) in [6.45, 7) is 3.89. The predicted octanol–water partition coefficient (Wildman–Crippen LogP) is 4.74. The van der Waals surface area contributed by atoms with E-state index in [1.165, 1.54) is 25.0 Å². The molecular weight excluding hydrogens is 381 g/mol. The molecule has 1 aromatic carbocycles. The van der Waals surface area contributed by atoms with E-state index in [4.69, 9.17) is 11.6 Å². The van der Waals surface area contributed by atoms with Crippen LogP contribution >= 0.6 is 11.6 Å². The number of aryl methyl sites for hydroxylation is 1. The second-order valence-electron chi connectivity index (χ2n) is 6.89. The van der Waals surface area contributed by atoms with Gasteiger partial charge in [-0.2, -0.15) is 20.1 Å². The lowest BCUT2D eigenvalue weighted by Gasteiger charge is -2.16. The van der Waals surface area contributed by atoms with Crippen LogP contribution in [0.2, 0.25) is 5.02 Å². The molecule has 1 fully saturated rings. The lowest BCUT2D eigenvalue weighted by molar-refractivity contribution is 0.626. The van der Waals surface area contributed by atoms with Crippen molar-refractivity contribution < 1.29 is 4.39 Å². The molecule has 2 aromatic heterocycles. The zero-order valence-corrected chi connectivity index (χ0v) is 16.4. The molecule has 1 aliphatic rings. The Labute approximate surface area is 167 Å². The minimum atomic E-state index is -0.370. The molecule has 2 heterocycles. The van der Waals surface area contributed by atoms with E-state index in [9.17, 15) is 4.39 Å². The second kappa shape index (κ2) is 7.71. The van der Waals surface area contributed by atoms with E-state index in [1.807, 2.05) is 19.9 Å². The summed E-state index contributed by atoms with van der Waals surface area (Å²) in [6.07, 6.45) is 3.06. The maximum atomic E-state index is 13.3. The SMILES string of the molecule is CCc1nc(Nc2cc(C3CC3)[nH]n2)nc(N[C@@H](C)c2ccc(F)cc2Cl)n1. The van der Waals surface area contributed by atoms with Gasteiger partial charge in [-0.1, -0.05) is 24.6 Å². The summed E-state index contributed by atoms with van der Waals surface area (Å²) in [7, 11) is 0. The molecule has 0 spiro atoms. The molecule has 0 bridgehead atoms. The van der Waals surface area contributed by atoms with Crippen LogP contribution in [0.25, 0.3) is 0 Å². The van der Waals surface area contributed by atoms with E-state index in [0.29, 0.717) is 40.9 Å². The number of nitrogens with zero attached hydrogens (tertiary/aromatic N) is 4. The number of hydrogen-bond acceptors (Lipinski definition) is 6. The smallest absolute Gasteiger partial charge is 0.233 e. The Bertz CT molecular complexity index is 986. The second-order valence-corrected chi connectivity index (χ2v) is 7.30. The number of nitrogens with one attached hydrogen (secondary N) is 3. The minimum Gasteiger partial charge on any atom is -0.347 e. The third kappa shape index (κ3) is 4.22. The van der Waals surface area contributed by atoms with Crippen LogP contribution in [-0.4, -0.2) is 25.1 Å². The van der Waals surface area contributed by atoms with E-state index < -0.39 is 0 Å². The van der Waals surface area contributed by atoms with Gasteiger partial charge in [0.1, 0.15) is 11.6 Å². The molecule has 3 N–H and O–H groups in total. The largest absolute Gasteiger partial charge is 0.347 e. The summed E-state index contributed by atoms with van der Waals surface area (Å²) < 4.78 is 13.3. The van der Waals surface area contributed by atoms with Gasteiger partial charge in [0.25, 0.3) is 0 Å². The lowest BCUT2D eigenvalue weighted by Crippen LogP contribution is -2.13. The molecule has 0 radical (unpaired) electrons. The van der Waals surface area contributed by atoms with Crippen LogP contribution in [0.1, 0.15) is 55.7 Å². The maximum Gasteiger partial charge on any atom is 0.233 e. The highest BCUT2D eigenvalue weighted by Gasteiger charge is 2.25. The molecule has 1 atom stereocenters. The fourth-order valence-corrected chi connectivity index (χ4v) is 3.27. The standard InChI is InChI=1S/C19H21ClFN7/c1-3-16-23-18(22-10(2)13-7-6-12(21)8-14(13)20)26-19(24-16)25-17-9-15(27-28-17)11-4-5-11/h6-11H,3-5H2,1-2H3,(H3,22,23,24,25,26,27,28)/t10-/m0/s1. The van der Waals surface area contributed by atoms with E-state index in [2.05, 4.69) is 35.8 Å². The van der Waals surface area contributed by atoms with Crippen LogP contribution in [0.3, 0.4) is 0 Å². The number of halogens is 2. The van der Waals surface area contributed by atoms with Gasteiger partial charge in [0.15, 0.2) is 5.82 Å². The third-order valence-corrected chi connectivity index (χ3v) is 4.95. The first-order valence-electron chi connectivity index (χ1n) is 9.30. The van der Waals surface area contributed by atoms with Crippen LogP contribution < -0.4 is 10.6 Å². The zero-order valence-electron chi connectivity index (χ0n) is 15.6. The Balaban J connectivity index is 1.53. The number of anilines is 3. The van der Waals surface area contributed by atoms with E-state index in [1.54, 1.807) is 6.07 Å². The topological polar surface area (TPSA) is 91.4 Å². The Morgan fingerprint density at radius 3 is 2.71 bits per heavy atom. The van der Waals surface area contributed by atoms with Gasteiger partial charge in [-0.15, -0.1) is 0 Å². The van der Waals surface area contributed by atoms with Crippen molar-refractivity contribution >= 4 is 29.3 Å². The van der Waals surface area contributed by atoms with Crippen LogP contribution in [0.5, 0.6) is 0 Å². The quantitative estimate of drug-likeness (QED) is 0.529. The molecule has 4 rings (SSSR count). The van der Waals surface area contributed by atoms with Crippen molar-refractivity contribution in [2.24, 2.45) is 0 Å². The van der Waals surface area contributed by atoms with Crippen molar-refractivity contribution in [1.29, 1.82) is 0 Å². The molecular formula is C19H21ClFN7. The summed E-state index contributed by atoms with van der Waals surface area (Å²) in [5, 5.41) is 14.0. The van der Waals surface area contributed by atoms with Crippen LogP contribution in [0.15, 0.2) is 24.3 Å². The number of aromatic amines is 1. The average Bonchev–Trinajstić information content (AvgIpc) is 3.41. The molecule has 7 nitrogen and oxygen atoms in total. The van der Waals surface area contributed by atoms with Crippen LogP contribution in [0.4, 0.5) is 22.1 Å². The maximum absolute atomic E-state index is 13.3. The molecule has 0 aliphatic heterocycles. The Hall–Kier alpha value is -2.74. The summed E-state index contributed by atoms with van der Waals surface area (Å²) >= 11 is 6.16. The monoisotopic (exact) mass is 401 g/mol. The highest BCUT2D eigenvalue weighted by atomic mass is 35.5. The number of aromatic nitrogens is 5. The summed E-state index contributed by atoms with van der Waals surface area (Å²) in [6, 6.07) is 6.11. The first-order chi connectivity index (χ1) is 13.5. The third-order valence-electron chi connectivity index (χ3n) is 4.63. The normalized spacial score (nSPS) is 14.7. The zero-order chi connectivity index (χ0) is 19.7. The van der Waals surface area contributed by atoms with Crippen molar-refractivity contribution in [2.45, 2.75) is 45.1 Å². The molecule has 3 aromatic rings. The Morgan fingerprint density at radius 2 is 2.00 bits per heavy atom. The van der Waals surface area contributed by atoms with Crippen LogP contribution in [0, 0.1) is 5.82 Å². The van der Waals surface area contributed by atoms with Crippen molar-refractivity contribution in [3.05, 3.63) is 52.2 Å². The lowest BCUT2D eigenvalue weighted by atomic mass is 10.1. The summed E-state index contributed by atoms with van der Waals surface area (Å²) in [5.41, 5.74) is 1.89. The van der Waals surface area contributed by atoms with Gasteiger partial charge in [0, 0.05) is 29.1 Å². The number of hydrogen-bond donors (Lipinski definition) is 3. The predicted molar refractivity (Wildman–Crippen MR) is 106 cm³/mol. The van der Waals surface area contributed by atoms with Crippen LogP contribution in [-0.2, 0) is 6.42 Å². The Kier molecular flexibility index (Phi) is 5.13. The molecule has 0 unspecified atom stereocenters. The number of benzene rings is 1. The first-order valence-corrected chi connectivity index (χ1v) is 9.68. The van der Waals surface area contributed by atoms with Gasteiger partial charge < -0.3 is 10.6 Å². The van der Waals surface area contributed by atoms with E-state index >= 15 is 0 Å². The van der Waals surface area contributed by atoms with Crippen molar-refractivity contribution in [3.8, 4) is 0 Å². The Morgan fingerprint density at radius 1 is 1.21 bits per heavy atom. The van der Waals surface area contributed by atoms with Gasteiger partial charge in [0.05, 0.1) is 6.04 Å². The molecule has 0 saturated heterocycles. The highest BCUT2D eigenvalue weighted by Crippen LogP contribution is 2.39. The molecule has 0 amide bonds. The van der Waals surface area contributed by atoms with Gasteiger partial charge in [-0.3, -0.25) is 5.10 Å². The van der Waals surface area contributed by atoms with Gasteiger partial charge in [0.2, 0.25) is 11.9 Å².